The number of hydrogen-bond donors (Lipinski definition) is 1. The van der Waals surface area contributed by atoms with Crippen LogP contribution in [0.5, 0.6) is 5.75 Å². The van der Waals surface area contributed by atoms with Crippen molar-refractivity contribution < 1.29 is 4.74 Å². The van der Waals surface area contributed by atoms with E-state index in [1.165, 1.54) is 16.7 Å². The van der Waals surface area contributed by atoms with Crippen molar-refractivity contribution in [1.29, 1.82) is 0 Å². The molecule has 0 aliphatic carbocycles. The Bertz CT molecular complexity index is 668. The van der Waals surface area contributed by atoms with Gasteiger partial charge in [-0.2, -0.15) is 0 Å². The number of rotatable bonds is 2. The van der Waals surface area contributed by atoms with Crippen molar-refractivity contribution in [2.75, 3.05) is 7.05 Å². The van der Waals surface area contributed by atoms with E-state index in [1.807, 2.05) is 25.2 Å². The van der Waals surface area contributed by atoms with E-state index < -0.39 is 0 Å². The highest BCUT2D eigenvalue weighted by molar-refractivity contribution is 6.30. The Morgan fingerprint density at radius 2 is 1.90 bits per heavy atom. The van der Waals surface area contributed by atoms with Crippen LogP contribution in [0, 0.1) is 13.8 Å². The van der Waals surface area contributed by atoms with Gasteiger partial charge in [-0.15, -0.1) is 0 Å². The Morgan fingerprint density at radius 3 is 2.62 bits per heavy atom. The van der Waals surface area contributed by atoms with E-state index in [2.05, 4.69) is 37.4 Å². The van der Waals surface area contributed by atoms with Crippen molar-refractivity contribution in [2.24, 2.45) is 0 Å². The maximum atomic E-state index is 6.20. The summed E-state index contributed by atoms with van der Waals surface area (Å²) in [6.07, 6.45) is 0.988. The standard InChI is InChI=1S/C18H20ClNO/c1-11-4-5-13(8-12(11)2)18-10-16(20-3)15-9-14(19)6-7-17(15)21-18/h4-9,16,18,20H,10H2,1-3H3. The largest absolute Gasteiger partial charge is 0.485 e. The molecule has 0 saturated heterocycles. The SMILES string of the molecule is CNC1CC(c2ccc(C)c(C)c2)Oc2ccc(Cl)cc21. The van der Waals surface area contributed by atoms with Crippen LogP contribution in [0.15, 0.2) is 36.4 Å². The van der Waals surface area contributed by atoms with Gasteiger partial charge in [-0.1, -0.05) is 29.8 Å². The van der Waals surface area contributed by atoms with Crippen LogP contribution in [0.3, 0.4) is 0 Å². The normalized spacial score (nSPS) is 20.8. The van der Waals surface area contributed by atoms with E-state index in [1.54, 1.807) is 0 Å². The number of nitrogens with one attached hydrogen (secondary N) is 1. The first kappa shape index (κ1) is 14.4. The Labute approximate surface area is 131 Å². The summed E-state index contributed by atoms with van der Waals surface area (Å²) in [6.45, 7) is 4.28. The lowest BCUT2D eigenvalue weighted by molar-refractivity contribution is 0.154. The molecule has 1 heterocycles. The molecule has 0 spiro atoms. The summed E-state index contributed by atoms with van der Waals surface area (Å²) in [6, 6.07) is 12.7. The molecule has 0 radical (unpaired) electrons. The van der Waals surface area contributed by atoms with Gasteiger partial charge >= 0.3 is 0 Å². The zero-order valence-electron chi connectivity index (χ0n) is 12.6. The highest BCUT2D eigenvalue weighted by Gasteiger charge is 2.28. The molecule has 1 aliphatic heterocycles. The van der Waals surface area contributed by atoms with Gasteiger partial charge in [0.1, 0.15) is 11.9 Å². The molecule has 0 bridgehead atoms. The molecule has 3 heteroatoms. The molecule has 0 aromatic heterocycles. The lowest BCUT2D eigenvalue weighted by atomic mass is 9.92. The van der Waals surface area contributed by atoms with Crippen LogP contribution in [-0.2, 0) is 0 Å². The molecule has 21 heavy (non-hydrogen) atoms. The third-order valence-corrected chi connectivity index (χ3v) is 4.55. The van der Waals surface area contributed by atoms with Gasteiger partial charge in [-0.05, 0) is 55.8 Å². The highest BCUT2D eigenvalue weighted by Crippen LogP contribution is 2.41. The molecule has 1 aliphatic rings. The quantitative estimate of drug-likeness (QED) is 0.865. The molecule has 2 unspecified atom stereocenters. The van der Waals surface area contributed by atoms with Gasteiger partial charge in [0.25, 0.3) is 0 Å². The Hall–Kier alpha value is -1.51. The molecule has 0 fully saturated rings. The van der Waals surface area contributed by atoms with Gasteiger partial charge in [0.05, 0.1) is 0 Å². The summed E-state index contributed by atoms with van der Waals surface area (Å²) >= 11 is 6.11. The average Bonchev–Trinajstić information content (AvgIpc) is 2.49. The minimum atomic E-state index is 0.0791. The minimum absolute atomic E-state index is 0.0791. The lowest BCUT2D eigenvalue weighted by Crippen LogP contribution is -2.26. The lowest BCUT2D eigenvalue weighted by Gasteiger charge is -2.32. The third-order valence-electron chi connectivity index (χ3n) is 4.32. The fourth-order valence-electron chi connectivity index (χ4n) is 2.88. The van der Waals surface area contributed by atoms with Crippen molar-refractivity contribution >= 4 is 11.6 Å². The predicted octanol–water partition coefficient (Wildman–Crippen LogP) is 4.74. The van der Waals surface area contributed by atoms with E-state index in [0.29, 0.717) is 0 Å². The van der Waals surface area contributed by atoms with Crippen LogP contribution >= 0.6 is 11.6 Å². The van der Waals surface area contributed by atoms with Gasteiger partial charge in [0.2, 0.25) is 0 Å². The molecule has 110 valence electrons. The van der Waals surface area contributed by atoms with Gasteiger partial charge in [-0.3, -0.25) is 0 Å². The van der Waals surface area contributed by atoms with Crippen molar-refractivity contribution in [1.82, 2.24) is 5.32 Å². The summed E-state index contributed by atoms with van der Waals surface area (Å²) in [7, 11) is 1.98. The molecular formula is C18H20ClNO. The molecule has 2 nitrogen and oxygen atoms in total. The molecule has 2 aromatic rings. The predicted molar refractivity (Wildman–Crippen MR) is 87.2 cm³/mol. The van der Waals surface area contributed by atoms with Crippen LogP contribution in [0.2, 0.25) is 5.02 Å². The van der Waals surface area contributed by atoms with Crippen LogP contribution in [-0.4, -0.2) is 7.05 Å². The molecule has 3 rings (SSSR count). The number of halogens is 1. The highest BCUT2D eigenvalue weighted by atomic mass is 35.5. The number of fused-ring (bicyclic) bond motifs is 1. The summed E-state index contributed by atoms with van der Waals surface area (Å²) < 4.78 is 6.20. The van der Waals surface area contributed by atoms with Gasteiger partial charge < -0.3 is 10.1 Å². The van der Waals surface area contributed by atoms with Crippen LogP contribution in [0.25, 0.3) is 0 Å². The third kappa shape index (κ3) is 2.78. The number of benzene rings is 2. The topological polar surface area (TPSA) is 21.3 Å². The molecule has 2 aromatic carbocycles. The summed E-state index contributed by atoms with van der Waals surface area (Å²) in [5, 5.41) is 4.13. The van der Waals surface area contributed by atoms with Crippen molar-refractivity contribution in [3.8, 4) is 5.75 Å². The van der Waals surface area contributed by atoms with Crippen LogP contribution < -0.4 is 10.1 Å². The Kier molecular flexibility index (Phi) is 3.92. The first-order valence-corrected chi connectivity index (χ1v) is 7.67. The Balaban J connectivity index is 1.96. The maximum Gasteiger partial charge on any atom is 0.126 e. The average molecular weight is 302 g/mol. The first-order chi connectivity index (χ1) is 10.1. The molecule has 1 N–H and O–H groups in total. The second kappa shape index (κ2) is 5.70. The van der Waals surface area contributed by atoms with Crippen molar-refractivity contribution in [2.45, 2.75) is 32.4 Å². The fourth-order valence-corrected chi connectivity index (χ4v) is 3.06. The summed E-state index contributed by atoms with van der Waals surface area (Å²) in [5.41, 5.74) is 5.00. The summed E-state index contributed by atoms with van der Waals surface area (Å²) in [5.74, 6) is 0.924. The zero-order chi connectivity index (χ0) is 15.0. The van der Waals surface area contributed by atoms with E-state index in [4.69, 9.17) is 16.3 Å². The molecule has 2 atom stereocenters. The first-order valence-electron chi connectivity index (χ1n) is 7.29. The minimum Gasteiger partial charge on any atom is -0.485 e. The van der Waals surface area contributed by atoms with Gasteiger partial charge in [0, 0.05) is 23.0 Å². The zero-order valence-corrected chi connectivity index (χ0v) is 13.4. The second-order valence-electron chi connectivity index (χ2n) is 5.71. The molecular weight excluding hydrogens is 282 g/mol. The monoisotopic (exact) mass is 301 g/mol. The van der Waals surface area contributed by atoms with Gasteiger partial charge in [0.15, 0.2) is 0 Å². The number of ether oxygens (including phenoxy) is 1. The number of aryl methyl sites for hydroxylation is 2. The van der Waals surface area contributed by atoms with Crippen LogP contribution in [0.1, 0.15) is 40.8 Å². The van der Waals surface area contributed by atoms with Crippen molar-refractivity contribution in [3.63, 3.8) is 0 Å². The molecule has 0 amide bonds. The van der Waals surface area contributed by atoms with E-state index in [-0.39, 0.29) is 12.1 Å². The molecule has 0 saturated carbocycles. The van der Waals surface area contributed by atoms with Crippen LogP contribution in [0.4, 0.5) is 0 Å². The number of hydrogen-bond acceptors (Lipinski definition) is 2. The van der Waals surface area contributed by atoms with E-state index in [9.17, 15) is 0 Å². The van der Waals surface area contributed by atoms with E-state index in [0.717, 1.165) is 22.8 Å². The van der Waals surface area contributed by atoms with Crippen molar-refractivity contribution in [3.05, 3.63) is 63.7 Å². The Morgan fingerprint density at radius 1 is 1.10 bits per heavy atom. The second-order valence-corrected chi connectivity index (χ2v) is 6.15. The van der Waals surface area contributed by atoms with E-state index >= 15 is 0 Å². The smallest absolute Gasteiger partial charge is 0.126 e. The summed E-state index contributed by atoms with van der Waals surface area (Å²) in [4.78, 5) is 0. The van der Waals surface area contributed by atoms with Gasteiger partial charge in [-0.25, -0.2) is 0 Å². The fraction of sp³-hybridized carbons (Fsp3) is 0.333. The maximum absolute atomic E-state index is 6.20.